The number of benzene rings is 2. The Hall–Kier alpha value is -1.22. The van der Waals surface area contributed by atoms with Crippen molar-refractivity contribution in [2.45, 2.75) is 32.6 Å². The molecule has 2 aromatic carbocycles. The molecule has 0 fully saturated rings. The van der Waals surface area contributed by atoms with E-state index in [9.17, 15) is 13.2 Å². The first-order valence-corrected chi connectivity index (χ1v) is 11.8. The Labute approximate surface area is 207 Å². The summed E-state index contributed by atoms with van der Waals surface area (Å²) >= 11 is 25.3. The molecule has 0 radical (unpaired) electrons. The van der Waals surface area contributed by atoms with E-state index in [1.807, 2.05) is 24.0 Å². The molecule has 3 nitrogen and oxygen atoms in total. The highest BCUT2D eigenvalue weighted by molar-refractivity contribution is 7.15. The van der Waals surface area contributed by atoms with Gasteiger partial charge in [0.2, 0.25) is 0 Å². The average Bonchev–Trinajstić information content (AvgIpc) is 3.12. The Kier molecular flexibility index (Phi) is 8.23. The molecule has 2 N–H and O–H groups in total. The molecule has 0 amide bonds. The number of alkyl halides is 3. The summed E-state index contributed by atoms with van der Waals surface area (Å²) in [6.45, 7) is 3.09. The number of aromatic nitrogens is 1. The maximum absolute atomic E-state index is 13.8. The summed E-state index contributed by atoms with van der Waals surface area (Å²) < 4.78 is 41.5. The van der Waals surface area contributed by atoms with Crippen molar-refractivity contribution in [1.82, 2.24) is 9.88 Å². The summed E-state index contributed by atoms with van der Waals surface area (Å²) in [6.07, 6.45) is -3.87. The third-order valence-corrected chi connectivity index (χ3v) is 6.92. The Morgan fingerprint density at radius 2 is 1.69 bits per heavy atom. The maximum atomic E-state index is 13.8. The van der Waals surface area contributed by atoms with E-state index >= 15 is 0 Å². The topological polar surface area (TPSA) is 42.1 Å². The highest BCUT2D eigenvalue weighted by Gasteiger charge is 2.38. The van der Waals surface area contributed by atoms with Crippen LogP contribution in [0.25, 0.3) is 10.6 Å². The number of nitrogens with two attached hydrogens (primary N) is 1. The van der Waals surface area contributed by atoms with Gasteiger partial charge in [-0.25, -0.2) is 4.98 Å². The van der Waals surface area contributed by atoms with Crippen molar-refractivity contribution in [3.63, 3.8) is 0 Å². The van der Waals surface area contributed by atoms with Crippen LogP contribution in [0.1, 0.15) is 29.5 Å². The third-order valence-electron chi connectivity index (χ3n) is 4.61. The fourth-order valence-electron chi connectivity index (χ4n) is 3.17. The van der Waals surface area contributed by atoms with Crippen LogP contribution in [0, 0.1) is 0 Å². The van der Waals surface area contributed by atoms with Crippen molar-refractivity contribution in [1.29, 1.82) is 0 Å². The third kappa shape index (κ3) is 5.82. The maximum Gasteiger partial charge on any atom is 0.434 e. The number of nitrogen functional groups attached to an aromatic ring is 1. The number of thiazole rings is 1. The zero-order valence-corrected chi connectivity index (χ0v) is 20.6. The molecule has 0 atom stereocenters. The van der Waals surface area contributed by atoms with Crippen LogP contribution in [0.4, 0.5) is 18.9 Å². The minimum atomic E-state index is -4.64. The molecule has 0 bridgehead atoms. The molecule has 0 spiro atoms. The van der Waals surface area contributed by atoms with Crippen molar-refractivity contribution < 1.29 is 13.2 Å². The molecule has 1 heterocycles. The van der Waals surface area contributed by atoms with Crippen LogP contribution in [-0.4, -0.2) is 16.4 Å². The molecule has 32 heavy (non-hydrogen) atoms. The van der Waals surface area contributed by atoms with Gasteiger partial charge in [-0.2, -0.15) is 13.2 Å². The molecule has 0 unspecified atom stereocenters. The minimum Gasteiger partial charge on any atom is -0.396 e. The van der Waals surface area contributed by atoms with Crippen LogP contribution in [0.3, 0.4) is 0 Å². The zero-order chi connectivity index (χ0) is 23.6. The molecule has 172 valence electrons. The van der Waals surface area contributed by atoms with Gasteiger partial charge in [0.05, 0.1) is 25.6 Å². The molecule has 0 aliphatic rings. The van der Waals surface area contributed by atoms with Crippen LogP contribution < -0.4 is 5.73 Å². The Morgan fingerprint density at radius 1 is 1.03 bits per heavy atom. The molecule has 0 aliphatic carbocycles. The summed E-state index contributed by atoms with van der Waals surface area (Å²) in [5.41, 5.74) is 6.00. The summed E-state index contributed by atoms with van der Waals surface area (Å²) in [5.74, 6) is 0. The SMILES string of the molecule is CCCN(Cc1ccc(Cl)cc1)Cc1sc(-c2c(Cl)cc(Cl)c(N)c2Cl)nc1C(F)(F)F. The molecular formula is C21H18Cl4F3N3S. The Morgan fingerprint density at radius 3 is 2.28 bits per heavy atom. The smallest absolute Gasteiger partial charge is 0.396 e. The van der Waals surface area contributed by atoms with Crippen molar-refractivity contribution in [3.8, 4) is 10.6 Å². The van der Waals surface area contributed by atoms with Gasteiger partial charge in [-0.1, -0.05) is 65.5 Å². The number of rotatable bonds is 7. The predicted octanol–water partition coefficient (Wildman–Crippen LogP) is 8.44. The van der Waals surface area contributed by atoms with Gasteiger partial charge in [0.25, 0.3) is 0 Å². The van der Waals surface area contributed by atoms with Gasteiger partial charge in [-0.05, 0) is 36.7 Å². The molecule has 0 aliphatic heterocycles. The van der Waals surface area contributed by atoms with Crippen molar-refractivity contribution >= 4 is 63.4 Å². The van der Waals surface area contributed by atoms with Gasteiger partial charge < -0.3 is 5.73 Å². The van der Waals surface area contributed by atoms with Gasteiger partial charge in [0.1, 0.15) is 5.01 Å². The lowest BCUT2D eigenvalue weighted by Crippen LogP contribution is -2.24. The fourth-order valence-corrected chi connectivity index (χ4v) is 5.54. The first-order valence-electron chi connectivity index (χ1n) is 9.48. The highest BCUT2D eigenvalue weighted by atomic mass is 35.5. The normalized spacial score (nSPS) is 12.0. The van der Waals surface area contributed by atoms with E-state index in [1.165, 1.54) is 6.07 Å². The van der Waals surface area contributed by atoms with Crippen LogP contribution in [0.2, 0.25) is 20.1 Å². The van der Waals surface area contributed by atoms with E-state index < -0.39 is 11.9 Å². The molecule has 3 aromatic rings. The second-order valence-corrected chi connectivity index (χ2v) is 9.78. The minimum absolute atomic E-state index is 0.0249. The summed E-state index contributed by atoms with van der Waals surface area (Å²) in [7, 11) is 0. The van der Waals surface area contributed by atoms with Crippen molar-refractivity contribution in [2.75, 3.05) is 12.3 Å². The Bertz CT molecular complexity index is 1100. The molecule has 11 heteroatoms. The van der Waals surface area contributed by atoms with Gasteiger partial charge >= 0.3 is 6.18 Å². The molecule has 3 rings (SSSR count). The number of nitrogens with zero attached hydrogens (tertiary/aromatic N) is 2. The number of anilines is 1. The van der Waals surface area contributed by atoms with Gasteiger partial charge in [-0.3, -0.25) is 4.90 Å². The molecule has 1 aromatic heterocycles. The van der Waals surface area contributed by atoms with Crippen molar-refractivity contribution in [3.05, 3.63) is 66.6 Å². The quantitative estimate of drug-likeness (QED) is 0.304. The number of hydrogen-bond acceptors (Lipinski definition) is 4. The number of hydrogen-bond donors (Lipinski definition) is 1. The van der Waals surface area contributed by atoms with Gasteiger partial charge in [-0.15, -0.1) is 11.3 Å². The van der Waals surface area contributed by atoms with Gasteiger partial charge in [0.15, 0.2) is 5.69 Å². The van der Waals surface area contributed by atoms with Crippen LogP contribution in [0.15, 0.2) is 30.3 Å². The Balaban J connectivity index is 2.01. The summed E-state index contributed by atoms with van der Waals surface area (Å²) in [4.78, 5) is 5.85. The van der Waals surface area contributed by atoms with E-state index in [-0.39, 0.29) is 42.7 Å². The highest BCUT2D eigenvalue weighted by Crippen LogP contribution is 2.46. The monoisotopic (exact) mass is 541 g/mol. The summed E-state index contributed by atoms with van der Waals surface area (Å²) in [6, 6.07) is 8.55. The lowest BCUT2D eigenvalue weighted by molar-refractivity contribution is -0.141. The van der Waals surface area contributed by atoms with Crippen LogP contribution in [0.5, 0.6) is 0 Å². The molecular weight excluding hydrogens is 525 g/mol. The molecule has 0 saturated carbocycles. The summed E-state index contributed by atoms with van der Waals surface area (Å²) in [5, 5.41) is 0.804. The van der Waals surface area contributed by atoms with E-state index in [2.05, 4.69) is 4.98 Å². The van der Waals surface area contributed by atoms with E-state index in [0.29, 0.717) is 18.1 Å². The predicted molar refractivity (Wildman–Crippen MR) is 128 cm³/mol. The average molecular weight is 543 g/mol. The number of halogens is 7. The van der Waals surface area contributed by atoms with E-state index in [1.54, 1.807) is 12.1 Å². The van der Waals surface area contributed by atoms with E-state index in [0.717, 1.165) is 23.3 Å². The first-order chi connectivity index (χ1) is 15.0. The van der Waals surface area contributed by atoms with E-state index in [4.69, 9.17) is 52.1 Å². The lowest BCUT2D eigenvalue weighted by Gasteiger charge is -2.22. The second kappa shape index (κ2) is 10.4. The lowest BCUT2D eigenvalue weighted by atomic mass is 10.2. The van der Waals surface area contributed by atoms with Crippen molar-refractivity contribution in [2.24, 2.45) is 0 Å². The standard InChI is InChI=1S/C21H18Cl4F3N3S/c1-2-7-31(9-11-3-5-12(22)6-4-11)10-15-19(21(26,27)28)30-20(32-15)16-13(23)8-14(24)18(29)17(16)25/h3-6,8H,2,7,9-10,29H2,1H3. The largest absolute Gasteiger partial charge is 0.434 e. The first kappa shape index (κ1) is 25.4. The molecule has 0 saturated heterocycles. The van der Waals surface area contributed by atoms with Gasteiger partial charge in [0, 0.05) is 23.7 Å². The zero-order valence-electron chi connectivity index (χ0n) is 16.7. The van der Waals surface area contributed by atoms with Crippen LogP contribution in [-0.2, 0) is 19.3 Å². The van der Waals surface area contributed by atoms with Crippen LogP contribution >= 0.6 is 57.7 Å². The fraction of sp³-hybridized carbons (Fsp3) is 0.286. The second-order valence-electron chi connectivity index (χ2n) is 7.07.